The summed E-state index contributed by atoms with van der Waals surface area (Å²) in [6.45, 7) is 1.34. The van der Waals surface area contributed by atoms with Crippen LogP contribution < -0.4 is 16.4 Å². The topological polar surface area (TPSA) is 111 Å². The fourth-order valence-electron chi connectivity index (χ4n) is 2.32. The molecule has 0 saturated heterocycles. The first-order chi connectivity index (χ1) is 12.8. The molecule has 2 aromatic carbocycles. The molecule has 0 aliphatic heterocycles. The number of anilines is 1. The summed E-state index contributed by atoms with van der Waals surface area (Å²) in [5.41, 5.74) is 7.30. The molecule has 7 nitrogen and oxygen atoms in total. The van der Waals surface area contributed by atoms with E-state index in [4.69, 9.17) is 22.1 Å². The van der Waals surface area contributed by atoms with Crippen LogP contribution in [-0.4, -0.2) is 30.6 Å². The van der Waals surface area contributed by atoms with Crippen molar-refractivity contribution in [3.05, 3.63) is 64.7 Å². The number of benzene rings is 2. The van der Waals surface area contributed by atoms with E-state index in [1.54, 1.807) is 30.3 Å². The Morgan fingerprint density at radius 3 is 2.48 bits per heavy atom. The molecule has 0 aliphatic carbocycles. The molecule has 27 heavy (non-hydrogen) atoms. The molecule has 4 N–H and O–H groups in total. The van der Waals surface area contributed by atoms with Crippen LogP contribution in [0, 0.1) is 6.92 Å². The molecular formula is C19H20ClN3O4. The standard InChI is InChI=1S/C19H20ClN3O4/c1-12-7-8-14(10-15(12)20)22-17(24)11-27-18(25)16(23-19(21)26)9-13-5-3-2-4-6-13/h2-8,10,16H,9,11H2,1H3,(H,22,24)(H3,21,23,26)/t16-/m0/s1. The van der Waals surface area contributed by atoms with E-state index in [2.05, 4.69) is 10.6 Å². The zero-order valence-electron chi connectivity index (χ0n) is 14.7. The van der Waals surface area contributed by atoms with Crippen LogP contribution in [0.1, 0.15) is 11.1 Å². The quantitative estimate of drug-likeness (QED) is 0.631. The highest BCUT2D eigenvalue weighted by Crippen LogP contribution is 2.19. The predicted molar refractivity (Wildman–Crippen MR) is 102 cm³/mol. The first kappa shape index (κ1) is 20.3. The average molecular weight is 390 g/mol. The molecule has 3 amide bonds. The van der Waals surface area contributed by atoms with E-state index >= 15 is 0 Å². The number of carbonyl (C=O) groups is 3. The monoisotopic (exact) mass is 389 g/mol. The van der Waals surface area contributed by atoms with Gasteiger partial charge in [-0.1, -0.05) is 48.0 Å². The summed E-state index contributed by atoms with van der Waals surface area (Å²) in [4.78, 5) is 35.4. The Labute approximate surface area is 161 Å². The number of hydrogen-bond acceptors (Lipinski definition) is 4. The van der Waals surface area contributed by atoms with Gasteiger partial charge in [-0.2, -0.15) is 0 Å². The minimum absolute atomic E-state index is 0.192. The van der Waals surface area contributed by atoms with Crippen molar-refractivity contribution in [3.63, 3.8) is 0 Å². The number of halogens is 1. The lowest BCUT2D eigenvalue weighted by atomic mass is 10.1. The van der Waals surface area contributed by atoms with Crippen LogP contribution in [0.25, 0.3) is 0 Å². The molecule has 0 aromatic heterocycles. The number of nitrogens with one attached hydrogen (secondary N) is 2. The molecule has 0 spiro atoms. The van der Waals surface area contributed by atoms with Gasteiger partial charge < -0.3 is 21.1 Å². The molecule has 0 heterocycles. The largest absolute Gasteiger partial charge is 0.454 e. The van der Waals surface area contributed by atoms with E-state index < -0.39 is 30.6 Å². The van der Waals surface area contributed by atoms with Crippen molar-refractivity contribution in [1.82, 2.24) is 5.32 Å². The number of esters is 1. The normalized spacial score (nSPS) is 11.3. The summed E-state index contributed by atoms with van der Waals surface area (Å²) >= 11 is 6.00. The molecule has 0 radical (unpaired) electrons. The molecule has 142 valence electrons. The number of rotatable bonds is 7. The van der Waals surface area contributed by atoms with Crippen molar-refractivity contribution in [3.8, 4) is 0 Å². The predicted octanol–water partition coefficient (Wildman–Crippen LogP) is 2.41. The number of urea groups is 1. The number of nitrogens with two attached hydrogens (primary N) is 1. The second kappa shape index (κ2) is 9.59. The Kier molecular flexibility index (Phi) is 7.19. The summed E-state index contributed by atoms with van der Waals surface area (Å²) in [5, 5.41) is 5.42. The van der Waals surface area contributed by atoms with Gasteiger partial charge in [-0.25, -0.2) is 9.59 Å². The minimum atomic E-state index is -0.994. The van der Waals surface area contributed by atoms with Gasteiger partial charge in [0, 0.05) is 17.1 Å². The summed E-state index contributed by atoms with van der Waals surface area (Å²) in [5.74, 6) is -1.28. The van der Waals surface area contributed by atoms with E-state index in [9.17, 15) is 14.4 Å². The molecule has 8 heteroatoms. The Balaban J connectivity index is 1.92. The van der Waals surface area contributed by atoms with Gasteiger partial charge in [-0.15, -0.1) is 0 Å². The summed E-state index contributed by atoms with van der Waals surface area (Å²) < 4.78 is 5.01. The molecule has 0 unspecified atom stereocenters. The lowest BCUT2D eigenvalue weighted by molar-refractivity contribution is -0.149. The third-order valence-electron chi connectivity index (χ3n) is 3.68. The lowest BCUT2D eigenvalue weighted by Crippen LogP contribution is -2.46. The molecule has 0 fully saturated rings. The number of primary amides is 1. The van der Waals surface area contributed by atoms with Crippen molar-refractivity contribution in [2.45, 2.75) is 19.4 Å². The maximum absolute atomic E-state index is 12.2. The SMILES string of the molecule is Cc1ccc(NC(=O)COC(=O)[C@H](Cc2ccccc2)NC(N)=O)cc1Cl. The molecular weight excluding hydrogens is 370 g/mol. The molecule has 0 bridgehead atoms. The zero-order chi connectivity index (χ0) is 19.8. The number of amides is 3. The number of carbonyl (C=O) groups excluding carboxylic acids is 3. The number of hydrogen-bond donors (Lipinski definition) is 3. The Morgan fingerprint density at radius 1 is 1.15 bits per heavy atom. The van der Waals surface area contributed by atoms with Gasteiger partial charge in [0.1, 0.15) is 6.04 Å². The van der Waals surface area contributed by atoms with Crippen molar-refractivity contribution in [2.75, 3.05) is 11.9 Å². The smallest absolute Gasteiger partial charge is 0.329 e. The van der Waals surface area contributed by atoms with Gasteiger partial charge in [0.2, 0.25) is 0 Å². The Morgan fingerprint density at radius 2 is 1.85 bits per heavy atom. The Bertz CT molecular complexity index is 827. The van der Waals surface area contributed by atoms with Crippen LogP contribution in [0.3, 0.4) is 0 Å². The van der Waals surface area contributed by atoms with Crippen molar-refractivity contribution in [2.24, 2.45) is 5.73 Å². The lowest BCUT2D eigenvalue weighted by Gasteiger charge is -2.16. The summed E-state index contributed by atoms with van der Waals surface area (Å²) in [6, 6.07) is 12.3. The van der Waals surface area contributed by atoms with Crippen molar-refractivity contribution >= 4 is 35.2 Å². The van der Waals surface area contributed by atoms with Crippen molar-refractivity contribution in [1.29, 1.82) is 0 Å². The van der Waals surface area contributed by atoms with Gasteiger partial charge in [-0.3, -0.25) is 4.79 Å². The van der Waals surface area contributed by atoms with Crippen LogP contribution in [0.5, 0.6) is 0 Å². The summed E-state index contributed by atoms with van der Waals surface area (Å²) in [6.07, 6.45) is 0.192. The third-order valence-corrected chi connectivity index (χ3v) is 4.09. The molecule has 0 saturated carbocycles. The van der Waals surface area contributed by atoms with Gasteiger partial charge in [0.25, 0.3) is 5.91 Å². The van der Waals surface area contributed by atoms with Crippen LogP contribution in [-0.2, 0) is 20.7 Å². The van der Waals surface area contributed by atoms with Crippen molar-refractivity contribution < 1.29 is 19.1 Å². The highest BCUT2D eigenvalue weighted by Gasteiger charge is 2.22. The van der Waals surface area contributed by atoms with Crippen LogP contribution in [0.15, 0.2) is 48.5 Å². The van der Waals surface area contributed by atoms with E-state index in [0.29, 0.717) is 10.7 Å². The fourth-order valence-corrected chi connectivity index (χ4v) is 2.50. The van der Waals surface area contributed by atoms with Gasteiger partial charge in [-0.05, 0) is 30.2 Å². The number of ether oxygens (including phenoxy) is 1. The van der Waals surface area contributed by atoms with E-state index in [1.807, 2.05) is 25.1 Å². The van der Waals surface area contributed by atoms with E-state index in [1.165, 1.54) is 0 Å². The molecule has 2 rings (SSSR count). The first-order valence-electron chi connectivity index (χ1n) is 8.17. The maximum Gasteiger partial charge on any atom is 0.329 e. The summed E-state index contributed by atoms with van der Waals surface area (Å²) in [7, 11) is 0. The highest BCUT2D eigenvalue weighted by molar-refractivity contribution is 6.31. The first-order valence-corrected chi connectivity index (χ1v) is 8.55. The zero-order valence-corrected chi connectivity index (χ0v) is 15.5. The molecule has 0 aliphatic rings. The highest BCUT2D eigenvalue weighted by atomic mass is 35.5. The Hall–Kier alpha value is -3.06. The van der Waals surface area contributed by atoms with Gasteiger partial charge in [0.15, 0.2) is 6.61 Å². The van der Waals surface area contributed by atoms with Gasteiger partial charge >= 0.3 is 12.0 Å². The number of aryl methyl sites for hydroxylation is 1. The van der Waals surface area contributed by atoms with Crippen LogP contribution >= 0.6 is 11.6 Å². The maximum atomic E-state index is 12.2. The third kappa shape index (κ3) is 6.63. The van der Waals surface area contributed by atoms with E-state index in [0.717, 1.165) is 11.1 Å². The van der Waals surface area contributed by atoms with Crippen LogP contribution in [0.4, 0.5) is 10.5 Å². The second-order valence-corrected chi connectivity index (χ2v) is 6.28. The second-order valence-electron chi connectivity index (χ2n) is 5.87. The van der Waals surface area contributed by atoms with Crippen LogP contribution in [0.2, 0.25) is 5.02 Å². The average Bonchev–Trinajstić information content (AvgIpc) is 2.63. The van der Waals surface area contributed by atoms with Gasteiger partial charge in [0.05, 0.1) is 0 Å². The molecule has 1 atom stereocenters. The van der Waals surface area contributed by atoms with E-state index in [-0.39, 0.29) is 6.42 Å². The minimum Gasteiger partial charge on any atom is -0.454 e. The molecule has 2 aromatic rings. The fraction of sp³-hybridized carbons (Fsp3) is 0.211.